The summed E-state index contributed by atoms with van der Waals surface area (Å²) in [5.74, 6) is -1.57. The first-order valence-corrected chi connectivity index (χ1v) is 8.29. The van der Waals surface area contributed by atoms with Crippen LogP contribution in [0.5, 0.6) is 0 Å². The molecule has 0 aliphatic heterocycles. The highest BCUT2D eigenvalue weighted by molar-refractivity contribution is 5.87. The minimum Gasteiger partial charge on any atom is -0.480 e. The molecule has 1 saturated carbocycles. The van der Waals surface area contributed by atoms with Crippen molar-refractivity contribution in [1.29, 1.82) is 0 Å². The number of rotatable bonds is 6. The Hall–Kier alpha value is -2.37. The Morgan fingerprint density at radius 3 is 2.29 bits per heavy atom. The third kappa shape index (κ3) is 4.57. The predicted molar refractivity (Wildman–Crippen MR) is 89.2 cm³/mol. The molecule has 3 N–H and O–H groups in total. The lowest BCUT2D eigenvalue weighted by molar-refractivity contribution is -0.149. The van der Waals surface area contributed by atoms with Crippen molar-refractivity contribution in [1.82, 2.24) is 10.6 Å². The molecule has 0 spiro atoms. The summed E-state index contributed by atoms with van der Waals surface area (Å²) in [7, 11) is 0. The van der Waals surface area contributed by atoms with Crippen LogP contribution in [0.1, 0.15) is 57.1 Å². The van der Waals surface area contributed by atoms with Crippen LogP contribution < -0.4 is 10.6 Å². The third-order valence-electron chi connectivity index (χ3n) is 4.46. The largest absolute Gasteiger partial charge is 0.480 e. The number of carboxylic acids is 1. The average molecular weight is 332 g/mol. The molecule has 6 nitrogen and oxygen atoms in total. The number of benzene rings is 1. The van der Waals surface area contributed by atoms with Crippen LogP contribution in [-0.2, 0) is 14.4 Å². The first-order chi connectivity index (χ1) is 11.4. The lowest BCUT2D eigenvalue weighted by atomic mass is 9.81. The first-order valence-electron chi connectivity index (χ1n) is 8.29. The normalized spacial score (nSPS) is 17.5. The molecule has 1 atom stereocenters. The van der Waals surface area contributed by atoms with Crippen molar-refractivity contribution < 1.29 is 19.5 Å². The van der Waals surface area contributed by atoms with Crippen molar-refractivity contribution in [2.24, 2.45) is 0 Å². The summed E-state index contributed by atoms with van der Waals surface area (Å²) >= 11 is 0. The van der Waals surface area contributed by atoms with Crippen LogP contribution in [0, 0.1) is 0 Å². The van der Waals surface area contributed by atoms with Crippen LogP contribution in [0.25, 0.3) is 0 Å². The van der Waals surface area contributed by atoms with E-state index in [0.717, 1.165) is 24.8 Å². The monoisotopic (exact) mass is 332 g/mol. The zero-order chi connectivity index (χ0) is 17.6. The fourth-order valence-corrected chi connectivity index (χ4v) is 3.23. The zero-order valence-corrected chi connectivity index (χ0v) is 13.9. The van der Waals surface area contributed by atoms with Crippen LogP contribution in [0.3, 0.4) is 0 Å². The predicted octanol–water partition coefficient (Wildman–Crippen LogP) is 2.16. The Morgan fingerprint density at radius 1 is 1.12 bits per heavy atom. The van der Waals surface area contributed by atoms with E-state index < -0.39 is 17.6 Å². The molecule has 2 rings (SSSR count). The van der Waals surface area contributed by atoms with Gasteiger partial charge in [0.15, 0.2) is 0 Å². The van der Waals surface area contributed by atoms with E-state index >= 15 is 0 Å². The summed E-state index contributed by atoms with van der Waals surface area (Å²) in [6.45, 7) is 1.40. The lowest BCUT2D eigenvalue weighted by Crippen LogP contribution is -2.56. The van der Waals surface area contributed by atoms with E-state index in [1.165, 1.54) is 6.92 Å². The van der Waals surface area contributed by atoms with Crippen LogP contribution in [0.4, 0.5) is 0 Å². The first kappa shape index (κ1) is 18.0. The van der Waals surface area contributed by atoms with E-state index in [-0.39, 0.29) is 18.2 Å². The molecule has 0 bridgehead atoms. The molecule has 6 heteroatoms. The van der Waals surface area contributed by atoms with E-state index in [9.17, 15) is 19.5 Å². The third-order valence-corrected chi connectivity index (χ3v) is 4.46. The van der Waals surface area contributed by atoms with Gasteiger partial charge in [-0.15, -0.1) is 0 Å². The van der Waals surface area contributed by atoms with Gasteiger partial charge in [0.05, 0.1) is 12.5 Å². The zero-order valence-electron chi connectivity index (χ0n) is 13.9. The molecule has 1 fully saturated rings. The quantitative estimate of drug-likeness (QED) is 0.744. The number of hydrogen-bond acceptors (Lipinski definition) is 3. The maximum atomic E-state index is 12.5. The summed E-state index contributed by atoms with van der Waals surface area (Å²) in [5.41, 5.74) is -0.358. The van der Waals surface area contributed by atoms with Gasteiger partial charge >= 0.3 is 5.97 Å². The Morgan fingerprint density at radius 2 is 1.75 bits per heavy atom. The SMILES string of the molecule is CC(=O)NC(CC(=O)NC1(C(=O)O)CCCCC1)c1ccccc1. The van der Waals surface area contributed by atoms with Gasteiger partial charge in [-0.3, -0.25) is 9.59 Å². The Bertz CT molecular complexity index is 594. The van der Waals surface area contributed by atoms with Crippen molar-refractivity contribution in [3.63, 3.8) is 0 Å². The molecule has 0 radical (unpaired) electrons. The van der Waals surface area contributed by atoms with Crippen LogP contribution in [0.2, 0.25) is 0 Å². The molecule has 130 valence electrons. The van der Waals surface area contributed by atoms with Gasteiger partial charge in [0.1, 0.15) is 5.54 Å². The molecule has 1 aliphatic carbocycles. The molecule has 1 aromatic carbocycles. The number of hydrogen-bond donors (Lipinski definition) is 3. The topological polar surface area (TPSA) is 95.5 Å². The maximum Gasteiger partial charge on any atom is 0.329 e. The van der Waals surface area contributed by atoms with Gasteiger partial charge in [-0.1, -0.05) is 49.6 Å². The number of amides is 2. The van der Waals surface area contributed by atoms with E-state index in [1.807, 2.05) is 30.3 Å². The van der Waals surface area contributed by atoms with Crippen LogP contribution >= 0.6 is 0 Å². The molecule has 2 amide bonds. The standard InChI is InChI=1S/C18H24N2O4/c1-13(21)19-15(14-8-4-2-5-9-14)12-16(22)20-18(17(23)24)10-6-3-7-11-18/h2,4-5,8-9,15H,3,6-7,10-12H2,1H3,(H,19,21)(H,20,22)(H,23,24). The minimum atomic E-state index is -1.17. The molecule has 1 aromatic rings. The number of carbonyl (C=O) groups excluding carboxylic acids is 2. The molecule has 1 unspecified atom stereocenters. The average Bonchev–Trinajstić information content (AvgIpc) is 2.55. The Labute approximate surface area is 141 Å². The lowest BCUT2D eigenvalue weighted by Gasteiger charge is -2.34. The highest BCUT2D eigenvalue weighted by Crippen LogP contribution is 2.29. The van der Waals surface area contributed by atoms with Crippen molar-refractivity contribution in [2.75, 3.05) is 0 Å². The summed E-state index contributed by atoms with van der Waals surface area (Å²) < 4.78 is 0. The smallest absolute Gasteiger partial charge is 0.329 e. The summed E-state index contributed by atoms with van der Waals surface area (Å²) in [6.07, 6.45) is 3.48. The van der Waals surface area contributed by atoms with Crippen molar-refractivity contribution in [3.05, 3.63) is 35.9 Å². The minimum absolute atomic E-state index is 0.0125. The fourth-order valence-electron chi connectivity index (χ4n) is 3.23. The fraction of sp³-hybridized carbons (Fsp3) is 0.500. The summed E-state index contributed by atoms with van der Waals surface area (Å²) in [4.78, 5) is 35.6. The maximum absolute atomic E-state index is 12.5. The number of nitrogens with one attached hydrogen (secondary N) is 2. The highest BCUT2D eigenvalue weighted by Gasteiger charge is 2.41. The molecular weight excluding hydrogens is 308 g/mol. The van der Waals surface area contributed by atoms with Gasteiger partial charge in [0.25, 0.3) is 0 Å². The Kier molecular flexibility index (Phi) is 5.95. The van der Waals surface area contributed by atoms with E-state index in [1.54, 1.807) is 0 Å². The van der Waals surface area contributed by atoms with E-state index in [2.05, 4.69) is 10.6 Å². The number of carboxylic acid groups (broad SMARTS) is 1. The van der Waals surface area contributed by atoms with Gasteiger partial charge < -0.3 is 15.7 Å². The van der Waals surface area contributed by atoms with Crippen LogP contribution in [0.15, 0.2) is 30.3 Å². The van der Waals surface area contributed by atoms with Crippen molar-refractivity contribution in [3.8, 4) is 0 Å². The van der Waals surface area contributed by atoms with Gasteiger partial charge in [0, 0.05) is 6.92 Å². The second-order valence-corrected chi connectivity index (χ2v) is 6.36. The molecular formula is C18H24N2O4. The van der Waals surface area contributed by atoms with Gasteiger partial charge in [-0.2, -0.15) is 0 Å². The van der Waals surface area contributed by atoms with Gasteiger partial charge in [-0.05, 0) is 18.4 Å². The summed E-state index contributed by atoms with van der Waals surface area (Å²) in [6, 6.07) is 8.72. The summed E-state index contributed by atoms with van der Waals surface area (Å²) in [5, 5.41) is 15.0. The number of carbonyl (C=O) groups is 3. The van der Waals surface area contributed by atoms with Crippen LogP contribution in [-0.4, -0.2) is 28.4 Å². The second kappa shape index (κ2) is 7.95. The van der Waals surface area contributed by atoms with Crippen molar-refractivity contribution in [2.45, 2.75) is 57.0 Å². The molecule has 1 aliphatic rings. The molecule has 0 saturated heterocycles. The molecule has 0 heterocycles. The molecule has 24 heavy (non-hydrogen) atoms. The number of aliphatic carboxylic acids is 1. The highest BCUT2D eigenvalue weighted by atomic mass is 16.4. The second-order valence-electron chi connectivity index (χ2n) is 6.36. The molecule has 0 aromatic heterocycles. The van der Waals surface area contributed by atoms with Crippen molar-refractivity contribution >= 4 is 17.8 Å². The van der Waals surface area contributed by atoms with E-state index in [4.69, 9.17) is 0 Å². The van der Waals surface area contributed by atoms with Gasteiger partial charge in [0.2, 0.25) is 11.8 Å². The van der Waals surface area contributed by atoms with E-state index in [0.29, 0.717) is 12.8 Å². The Balaban J connectivity index is 2.09. The van der Waals surface area contributed by atoms with Gasteiger partial charge in [-0.25, -0.2) is 4.79 Å².